The van der Waals surface area contributed by atoms with E-state index < -0.39 is 23.6 Å². The summed E-state index contributed by atoms with van der Waals surface area (Å²) >= 11 is 0. The number of phenols is 1. The number of ether oxygens (including phenoxy) is 1. The van der Waals surface area contributed by atoms with Gasteiger partial charge in [-0.1, -0.05) is 36.4 Å². The quantitative estimate of drug-likeness (QED) is 0.569. The number of esters is 1. The smallest absolute Gasteiger partial charge is 0.326 e. The fourth-order valence-electron chi connectivity index (χ4n) is 2.74. The van der Waals surface area contributed by atoms with Gasteiger partial charge in [0.25, 0.3) is 5.79 Å². The Balaban J connectivity index is 1.68. The number of fused-ring (bicyclic) bond motifs is 1. The number of ketones is 1. The molecule has 24 heavy (non-hydrogen) atoms. The third-order valence-corrected chi connectivity index (χ3v) is 4.01. The van der Waals surface area contributed by atoms with Gasteiger partial charge in [0.05, 0.1) is 0 Å². The van der Waals surface area contributed by atoms with Crippen molar-refractivity contribution in [1.29, 1.82) is 0 Å². The average molecular weight is 327 g/mol. The molecular weight excluding hydrogens is 310 g/mol. The molecule has 3 rings (SSSR count). The van der Waals surface area contributed by atoms with Crippen molar-refractivity contribution < 1.29 is 24.5 Å². The number of nitrogens with two attached hydrogens (primary N) is 1. The predicted octanol–water partition coefficient (Wildman–Crippen LogP) is 0.933. The Morgan fingerprint density at radius 2 is 1.88 bits per heavy atom. The number of phenolic OH excluding ortho intramolecular Hbond substituents is 1. The molecular formula is C18H17NO5. The van der Waals surface area contributed by atoms with E-state index >= 15 is 0 Å². The third kappa shape index (κ3) is 3.02. The summed E-state index contributed by atoms with van der Waals surface area (Å²) in [7, 11) is 0. The molecule has 6 nitrogen and oxygen atoms in total. The van der Waals surface area contributed by atoms with Gasteiger partial charge >= 0.3 is 5.97 Å². The minimum Gasteiger partial charge on any atom is -0.508 e. The standard InChI is InChI=1S/C18H17NO5/c19-15(9-11-5-7-13(20)8-6-11)17(22)24-18(23)10-12-3-1-2-4-14(12)16(18)21/h1-8,15,20,23H,9-10,19H2/t15-,18?/m0/s1. The van der Waals surface area contributed by atoms with Crippen LogP contribution in [0.25, 0.3) is 0 Å². The summed E-state index contributed by atoms with van der Waals surface area (Å²) in [6, 6.07) is 11.9. The molecule has 6 heteroatoms. The largest absolute Gasteiger partial charge is 0.508 e. The van der Waals surface area contributed by atoms with Gasteiger partial charge in [-0.05, 0) is 29.7 Å². The Morgan fingerprint density at radius 1 is 1.21 bits per heavy atom. The molecule has 1 aliphatic rings. The van der Waals surface area contributed by atoms with Crippen LogP contribution >= 0.6 is 0 Å². The maximum atomic E-state index is 12.3. The van der Waals surface area contributed by atoms with Gasteiger partial charge in [0.2, 0.25) is 5.78 Å². The Hall–Kier alpha value is -2.70. The molecule has 0 aromatic heterocycles. The maximum Gasteiger partial charge on any atom is 0.326 e. The van der Waals surface area contributed by atoms with Crippen molar-refractivity contribution in [3.05, 3.63) is 65.2 Å². The Labute approximate surface area is 138 Å². The highest BCUT2D eigenvalue weighted by Gasteiger charge is 2.48. The number of rotatable bonds is 4. The molecule has 0 bridgehead atoms. The fourth-order valence-corrected chi connectivity index (χ4v) is 2.74. The van der Waals surface area contributed by atoms with Crippen molar-refractivity contribution in [1.82, 2.24) is 0 Å². The Morgan fingerprint density at radius 3 is 2.54 bits per heavy atom. The van der Waals surface area contributed by atoms with Gasteiger partial charge in [-0.25, -0.2) is 0 Å². The summed E-state index contributed by atoms with van der Waals surface area (Å²) in [5.74, 6) is -3.58. The second kappa shape index (κ2) is 6.07. The molecule has 0 spiro atoms. The van der Waals surface area contributed by atoms with Gasteiger partial charge in [-0.3, -0.25) is 9.59 Å². The van der Waals surface area contributed by atoms with Crippen LogP contribution in [0.1, 0.15) is 21.5 Å². The number of aliphatic hydroxyl groups is 1. The van der Waals surface area contributed by atoms with E-state index in [0.29, 0.717) is 11.1 Å². The van der Waals surface area contributed by atoms with E-state index in [-0.39, 0.29) is 18.6 Å². The van der Waals surface area contributed by atoms with E-state index in [1.807, 2.05) is 0 Å². The topological polar surface area (TPSA) is 110 Å². The summed E-state index contributed by atoms with van der Waals surface area (Å²) in [4.78, 5) is 24.4. The Bertz CT molecular complexity index is 786. The zero-order chi connectivity index (χ0) is 17.3. The van der Waals surface area contributed by atoms with Crippen LogP contribution in [0.3, 0.4) is 0 Å². The highest BCUT2D eigenvalue weighted by Crippen LogP contribution is 2.31. The molecule has 2 aromatic carbocycles. The summed E-state index contributed by atoms with van der Waals surface area (Å²) in [6.07, 6.45) is 0.0794. The molecule has 1 aliphatic carbocycles. The first-order valence-corrected chi connectivity index (χ1v) is 7.50. The second-order valence-corrected chi connectivity index (χ2v) is 5.85. The van der Waals surface area contributed by atoms with E-state index in [1.54, 1.807) is 36.4 Å². The number of carbonyl (C=O) groups excluding carboxylic acids is 2. The molecule has 0 saturated heterocycles. The van der Waals surface area contributed by atoms with Crippen molar-refractivity contribution in [2.75, 3.05) is 0 Å². The van der Waals surface area contributed by atoms with Gasteiger partial charge < -0.3 is 20.7 Å². The van der Waals surface area contributed by atoms with E-state index in [2.05, 4.69) is 0 Å². The van der Waals surface area contributed by atoms with Crippen LogP contribution in [0, 0.1) is 0 Å². The summed E-state index contributed by atoms with van der Waals surface area (Å²) in [5.41, 5.74) is 7.52. The molecule has 0 heterocycles. The first-order valence-electron chi connectivity index (χ1n) is 7.50. The molecule has 0 amide bonds. The number of benzene rings is 2. The second-order valence-electron chi connectivity index (χ2n) is 5.85. The highest BCUT2D eigenvalue weighted by atomic mass is 16.7. The lowest BCUT2D eigenvalue weighted by Gasteiger charge is -2.23. The molecule has 0 fully saturated rings. The zero-order valence-corrected chi connectivity index (χ0v) is 12.8. The van der Waals surface area contributed by atoms with Crippen molar-refractivity contribution in [3.8, 4) is 5.75 Å². The zero-order valence-electron chi connectivity index (χ0n) is 12.8. The number of hydrogen-bond acceptors (Lipinski definition) is 6. The molecule has 124 valence electrons. The van der Waals surface area contributed by atoms with E-state index in [9.17, 15) is 19.8 Å². The molecule has 0 radical (unpaired) electrons. The number of aromatic hydroxyl groups is 1. The maximum absolute atomic E-state index is 12.3. The van der Waals surface area contributed by atoms with E-state index in [1.165, 1.54) is 12.1 Å². The van der Waals surface area contributed by atoms with Gasteiger partial charge in [-0.15, -0.1) is 0 Å². The fraction of sp³-hybridized carbons (Fsp3) is 0.222. The Kier molecular flexibility index (Phi) is 4.09. The third-order valence-electron chi connectivity index (χ3n) is 4.01. The average Bonchev–Trinajstić information content (AvgIpc) is 2.81. The van der Waals surface area contributed by atoms with E-state index in [4.69, 9.17) is 10.5 Å². The molecule has 4 N–H and O–H groups in total. The lowest BCUT2D eigenvalue weighted by atomic mass is 10.1. The van der Waals surface area contributed by atoms with Crippen LogP contribution in [0.2, 0.25) is 0 Å². The molecule has 2 aromatic rings. The first-order chi connectivity index (χ1) is 11.4. The van der Waals surface area contributed by atoms with Gasteiger partial charge in [0.1, 0.15) is 11.8 Å². The van der Waals surface area contributed by atoms with Crippen LogP contribution < -0.4 is 5.73 Å². The van der Waals surface area contributed by atoms with E-state index in [0.717, 1.165) is 5.56 Å². The van der Waals surface area contributed by atoms with Crippen molar-refractivity contribution in [2.24, 2.45) is 5.73 Å². The van der Waals surface area contributed by atoms with Gasteiger partial charge in [0.15, 0.2) is 0 Å². The first kappa shape index (κ1) is 16.2. The van der Waals surface area contributed by atoms with Gasteiger partial charge in [-0.2, -0.15) is 0 Å². The normalized spacial score (nSPS) is 20.5. The number of hydrogen-bond donors (Lipinski definition) is 3. The van der Waals surface area contributed by atoms with Gasteiger partial charge in [0, 0.05) is 12.0 Å². The van der Waals surface area contributed by atoms with Crippen LogP contribution in [0.15, 0.2) is 48.5 Å². The van der Waals surface area contributed by atoms with Crippen molar-refractivity contribution in [3.63, 3.8) is 0 Å². The van der Waals surface area contributed by atoms with Crippen LogP contribution in [-0.2, 0) is 22.4 Å². The van der Waals surface area contributed by atoms with Crippen molar-refractivity contribution >= 4 is 11.8 Å². The highest BCUT2D eigenvalue weighted by molar-refractivity contribution is 6.06. The molecule has 0 saturated carbocycles. The van der Waals surface area contributed by atoms with Crippen LogP contribution in [0.4, 0.5) is 0 Å². The van der Waals surface area contributed by atoms with Crippen LogP contribution in [-0.4, -0.2) is 33.8 Å². The minimum absolute atomic E-state index is 0.0837. The lowest BCUT2D eigenvalue weighted by molar-refractivity contribution is -0.189. The molecule has 2 atom stereocenters. The summed E-state index contributed by atoms with van der Waals surface area (Å²) in [6.45, 7) is 0. The number of carbonyl (C=O) groups is 2. The molecule has 1 unspecified atom stereocenters. The minimum atomic E-state index is -2.20. The summed E-state index contributed by atoms with van der Waals surface area (Å²) < 4.78 is 5.04. The predicted molar refractivity (Wildman–Crippen MR) is 85.3 cm³/mol. The lowest BCUT2D eigenvalue weighted by Crippen LogP contribution is -2.46. The molecule has 0 aliphatic heterocycles. The number of Topliss-reactive ketones (excluding diaryl/α,β-unsaturated/α-hetero) is 1. The van der Waals surface area contributed by atoms with Crippen LogP contribution in [0.5, 0.6) is 5.75 Å². The summed E-state index contributed by atoms with van der Waals surface area (Å²) in [5, 5.41) is 19.7. The SMILES string of the molecule is N[C@@H](Cc1ccc(O)cc1)C(=O)OC1(O)Cc2ccccc2C1=O. The monoisotopic (exact) mass is 327 g/mol. The van der Waals surface area contributed by atoms with Crippen molar-refractivity contribution in [2.45, 2.75) is 24.7 Å².